The first-order valence-corrected chi connectivity index (χ1v) is 7.38. The predicted octanol–water partition coefficient (Wildman–Crippen LogP) is 1.77. The summed E-state index contributed by atoms with van der Waals surface area (Å²) in [4.78, 5) is 17.9. The minimum absolute atomic E-state index is 0.0773. The second kappa shape index (κ2) is 5.42. The number of nitrogens with zero attached hydrogens (tertiary/aromatic N) is 3. The van der Waals surface area contributed by atoms with Crippen LogP contribution < -0.4 is 10.2 Å². The number of rotatable bonds is 3. The van der Waals surface area contributed by atoms with Crippen molar-refractivity contribution in [1.82, 2.24) is 15.5 Å². The summed E-state index contributed by atoms with van der Waals surface area (Å²) < 4.78 is 10.7. The van der Waals surface area contributed by atoms with Crippen LogP contribution in [0.4, 0.5) is 10.5 Å². The topological polar surface area (TPSA) is 80.5 Å². The molecule has 7 nitrogen and oxygen atoms in total. The number of aromatic nitrogens is 2. The van der Waals surface area contributed by atoms with Gasteiger partial charge in [0.05, 0.1) is 6.61 Å². The number of carbonyl (C=O) groups is 1. The molecule has 114 valence electrons. The van der Waals surface area contributed by atoms with Gasteiger partial charge in [0.2, 0.25) is 0 Å². The maximum absolute atomic E-state index is 11.8. The Morgan fingerprint density at radius 1 is 1.36 bits per heavy atom. The first kappa shape index (κ1) is 13.3. The number of urea groups is 1. The third kappa shape index (κ3) is 2.33. The molecule has 1 atom stereocenters. The van der Waals surface area contributed by atoms with E-state index in [1.807, 2.05) is 24.3 Å². The molecule has 0 radical (unpaired) electrons. The van der Waals surface area contributed by atoms with Gasteiger partial charge in [-0.3, -0.25) is 4.90 Å². The monoisotopic (exact) mass is 300 g/mol. The third-order valence-electron chi connectivity index (χ3n) is 4.00. The predicted molar refractivity (Wildman–Crippen MR) is 78.7 cm³/mol. The Morgan fingerprint density at radius 3 is 3.09 bits per heavy atom. The van der Waals surface area contributed by atoms with E-state index >= 15 is 0 Å². The maximum atomic E-state index is 11.8. The van der Waals surface area contributed by atoms with Crippen molar-refractivity contribution in [2.75, 3.05) is 31.2 Å². The highest BCUT2D eigenvalue weighted by Crippen LogP contribution is 2.28. The van der Waals surface area contributed by atoms with Gasteiger partial charge in [0.15, 0.2) is 5.82 Å². The van der Waals surface area contributed by atoms with E-state index in [4.69, 9.17) is 9.26 Å². The Bertz CT molecular complexity index is 694. The van der Waals surface area contributed by atoms with E-state index in [2.05, 4.69) is 15.5 Å². The number of hydrogen-bond acceptors (Lipinski definition) is 5. The summed E-state index contributed by atoms with van der Waals surface area (Å²) in [5.74, 6) is 1.38. The largest absolute Gasteiger partial charge is 0.381 e. The van der Waals surface area contributed by atoms with Gasteiger partial charge in [-0.25, -0.2) is 4.79 Å². The molecule has 1 aromatic heterocycles. The molecule has 2 aliphatic heterocycles. The molecular weight excluding hydrogens is 284 g/mol. The average molecular weight is 300 g/mol. The van der Waals surface area contributed by atoms with Gasteiger partial charge in [-0.2, -0.15) is 4.98 Å². The van der Waals surface area contributed by atoms with E-state index < -0.39 is 0 Å². The summed E-state index contributed by atoms with van der Waals surface area (Å²) in [5.41, 5.74) is 1.64. The molecule has 2 fully saturated rings. The van der Waals surface area contributed by atoms with E-state index in [9.17, 15) is 4.79 Å². The average Bonchev–Trinajstić information content (AvgIpc) is 3.28. The number of nitrogens with one attached hydrogen (secondary N) is 1. The van der Waals surface area contributed by atoms with Crippen molar-refractivity contribution in [3.8, 4) is 11.5 Å². The van der Waals surface area contributed by atoms with Crippen LogP contribution in [-0.4, -0.2) is 42.5 Å². The van der Waals surface area contributed by atoms with Gasteiger partial charge in [-0.15, -0.1) is 0 Å². The molecule has 4 rings (SSSR count). The third-order valence-corrected chi connectivity index (χ3v) is 4.00. The SMILES string of the molecule is O=C1NCCN1c1cccc(-c2nc([C@H]3CCOC3)no2)c1. The Morgan fingerprint density at radius 2 is 2.32 bits per heavy atom. The highest BCUT2D eigenvalue weighted by molar-refractivity contribution is 5.94. The lowest BCUT2D eigenvalue weighted by Gasteiger charge is -2.14. The van der Waals surface area contributed by atoms with Crippen molar-refractivity contribution in [2.24, 2.45) is 0 Å². The number of carbonyl (C=O) groups excluding carboxylic acids is 1. The van der Waals surface area contributed by atoms with Gasteiger partial charge in [-0.1, -0.05) is 11.2 Å². The van der Waals surface area contributed by atoms with Crippen LogP contribution in [0.3, 0.4) is 0 Å². The maximum Gasteiger partial charge on any atom is 0.321 e. The first-order chi connectivity index (χ1) is 10.8. The molecule has 22 heavy (non-hydrogen) atoms. The number of amides is 2. The molecule has 2 aliphatic rings. The highest BCUT2D eigenvalue weighted by Gasteiger charge is 2.24. The Balaban J connectivity index is 1.61. The van der Waals surface area contributed by atoms with Crippen LogP contribution in [0.25, 0.3) is 11.5 Å². The first-order valence-electron chi connectivity index (χ1n) is 7.38. The number of hydrogen-bond donors (Lipinski definition) is 1. The van der Waals surface area contributed by atoms with Gasteiger partial charge in [-0.05, 0) is 24.6 Å². The van der Waals surface area contributed by atoms with Gasteiger partial charge in [0.25, 0.3) is 5.89 Å². The molecule has 0 bridgehead atoms. The summed E-state index contributed by atoms with van der Waals surface area (Å²) in [6.45, 7) is 2.72. The molecule has 0 unspecified atom stereocenters. The highest BCUT2D eigenvalue weighted by atomic mass is 16.5. The minimum atomic E-state index is -0.0773. The van der Waals surface area contributed by atoms with Crippen molar-refractivity contribution >= 4 is 11.7 Å². The molecule has 2 aromatic rings. The number of anilines is 1. The van der Waals surface area contributed by atoms with Gasteiger partial charge in [0, 0.05) is 36.9 Å². The van der Waals surface area contributed by atoms with E-state index in [-0.39, 0.29) is 11.9 Å². The summed E-state index contributed by atoms with van der Waals surface area (Å²) in [6, 6.07) is 7.51. The lowest BCUT2D eigenvalue weighted by Crippen LogP contribution is -2.27. The molecule has 2 saturated heterocycles. The van der Waals surface area contributed by atoms with Crippen LogP contribution in [0.1, 0.15) is 18.2 Å². The summed E-state index contributed by atoms with van der Waals surface area (Å²) in [6.07, 6.45) is 0.924. The molecular formula is C15H16N4O3. The zero-order valence-corrected chi connectivity index (χ0v) is 12.0. The lowest BCUT2D eigenvalue weighted by molar-refractivity contribution is 0.192. The smallest absolute Gasteiger partial charge is 0.321 e. The Labute approximate surface area is 127 Å². The molecule has 3 heterocycles. The van der Waals surface area contributed by atoms with Crippen LogP contribution in [-0.2, 0) is 4.74 Å². The number of ether oxygens (including phenoxy) is 1. The van der Waals surface area contributed by atoms with E-state index in [0.29, 0.717) is 31.4 Å². The molecule has 1 N–H and O–H groups in total. The van der Waals surface area contributed by atoms with Crippen LogP contribution in [0.15, 0.2) is 28.8 Å². The van der Waals surface area contributed by atoms with Crippen LogP contribution in [0, 0.1) is 0 Å². The zero-order chi connectivity index (χ0) is 14.9. The number of benzene rings is 1. The molecule has 1 aromatic carbocycles. The fraction of sp³-hybridized carbons (Fsp3) is 0.400. The van der Waals surface area contributed by atoms with Gasteiger partial charge in [0.1, 0.15) is 0 Å². The van der Waals surface area contributed by atoms with Crippen molar-refractivity contribution in [3.63, 3.8) is 0 Å². The summed E-state index contributed by atoms with van der Waals surface area (Å²) in [5, 5.41) is 6.85. The van der Waals surface area contributed by atoms with Crippen molar-refractivity contribution in [3.05, 3.63) is 30.1 Å². The van der Waals surface area contributed by atoms with Gasteiger partial charge >= 0.3 is 6.03 Å². The van der Waals surface area contributed by atoms with Crippen LogP contribution in [0.5, 0.6) is 0 Å². The zero-order valence-electron chi connectivity index (χ0n) is 12.0. The Kier molecular flexibility index (Phi) is 3.27. The molecule has 0 saturated carbocycles. The molecule has 0 spiro atoms. The quantitative estimate of drug-likeness (QED) is 0.934. The fourth-order valence-corrected chi connectivity index (χ4v) is 2.78. The molecule has 7 heteroatoms. The van der Waals surface area contributed by atoms with Crippen molar-refractivity contribution in [1.29, 1.82) is 0 Å². The summed E-state index contributed by atoms with van der Waals surface area (Å²) in [7, 11) is 0. The fourth-order valence-electron chi connectivity index (χ4n) is 2.78. The molecule has 2 amide bonds. The standard InChI is InChI=1S/C15H16N4O3/c20-15-16-5-6-19(15)12-3-1-2-10(8-12)14-17-13(18-22-14)11-4-7-21-9-11/h1-3,8,11H,4-7,9H2,(H,16,20)/t11-/m0/s1. The second-order valence-electron chi connectivity index (χ2n) is 5.45. The van der Waals surface area contributed by atoms with Crippen molar-refractivity contribution < 1.29 is 14.1 Å². The summed E-state index contributed by atoms with van der Waals surface area (Å²) >= 11 is 0. The minimum Gasteiger partial charge on any atom is -0.381 e. The van der Waals surface area contributed by atoms with Crippen molar-refractivity contribution in [2.45, 2.75) is 12.3 Å². The molecule has 0 aliphatic carbocycles. The van der Waals surface area contributed by atoms with Gasteiger partial charge < -0.3 is 14.6 Å². The van der Waals surface area contributed by atoms with E-state index in [1.54, 1.807) is 4.90 Å². The normalized spacial score (nSPS) is 21.4. The van der Waals surface area contributed by atoms with E-state index in [1.165, 1.54) is 0 Å². The Hall–Kier alpha value is -2.41. The van der Waals surface area contributed by atoms with E-state index in [0.717, 1.165) is 24.3 Å². The lowest BCUT2D eigenvalue weighted by atomic mass is 10.1. The second-order valence-corrected chi connectivity index (χ2v) is 5.45. The van der Waals surface area contributed by atoms with Crippen LogP contribution >= 0.6 is 0 Å². The van der Waals surface area contributed by atoms with Crippen LogP contribution in [0.2, 0.25) is 0 Å².